The molecule has 0 radical (unpaired) electrons. The fourth-order valence-electron chi connectivity index (χ4n) is 3.27. The highest BCUT2D eigenvalue weighted by Crippen LogP contribution is 2.34. The zero-order valence-corrected chi connectivity index (χ0v) is 11.5. The fraction of sp³-hybridized carbons (Fsp3) is 0.929. The Bertz CT molecular complexity index is 266. The second-order valence-corrected chi connectivity index (χ2v) is 5.37. The minimum atomic E-state index is -0.0497. The van der Waals surface area contributed by atoms with Gasteiger partial charge in [0.25, 0.3) is 0 Å². The van der Waals surface area contributed by atoms with Crippen molar-refractivity contribution in [1.29, 1.82) is 0 Å². The topological polar surface area (TPSA) is 38.8 Å². The van der Waals surface area contributed by atoms with Crippen LogP contribution in [-0.2, 0) is 14.3 Å². The molecular weight excluding hydrogens is 230 g/mol. The maximum Gasteiger partial charge on any atom is 0.307 e. The Kier molecular flexibility index (Phi) is 5.01. The molecule has 0 spiro atoms. The quantitative estimate of drug-likeness (QED) is 0.720. The first-order valence-electron chi connectivity index (χ1n) is 7.25. The van der Waals surface area contributed by atoms with Crippen molar-refractivity contribution >= 4 is 5.97 Å². The van der Waals surface area contributed by atoms with Gasteiger partial charge in [0.2, 0.25) is 0 Å². The Morgan fingerprint density at radius 1 is 1.22 bits per heavy atom. The molecule has 18 heavy (non-hydrogen) atoms. The molecule has 0 amide bonds. The minimum absolute atomic E-state index is 0.000741. The number of hydrogen-bond donors (Lipinski definition) is 0. The van der Waals surface area contributed by atoms with Crippen LogP contribution in [0.5, 0.6) is 0 Å². The largest absolute Gasteiger partial charge is 0.466 e. The summed E-state index contributed by atoms with van der Waals surface area (Å²) >= 11 is 0. The molecule has 1 atom stereocenters. The summed E-state index contributed by atoms with van der Waals surface area (Å²) in [7, 11) is 0. The van der Waals surface area contributed by atoms with Crippen LogP contribution in [0.3, 0.4) is 0 Å². The van der Waals surface area contributed by atoms with E-state index in [-0.39, 0.29) is 11.5 Å². The summed E-state index contributed by atoms with van der Waals surface area (Å²) in [4.78, 5) is 14.4. The first-order valence-corrected chi connectivity index (χ1v) is 7.25. The number of ether oxygens (including phenoxy) is 2. The van der Waals surface area contributed by atoms with Crippen molar-refractivity contribution in [2.75, 3.05) is 32.9 Å². The monoisotopic (exact) mass is 255 g/mol. The Hall–Kier alpha value is -0.610. The van der Waals surface area contributed by atoms with Crippen molar-refractivity contribution < 1.29 is 14.3 Å². The van der Waals surface area contributed by atoms with Gasteiger partial charge in [-0.05, 0) is 52.1 Å². The minimum Gasteiger partial charge on any atom is -0.466 e. The number of rotatable bonds is 4. The number of likely N-dealkylation sites (tertiary alicyclic amines) is 1. The molecule has 2 saturated heterocycles. The molecule has 2 aliphatic heterocycles. The van der Waals surface area contributed by atoms with E-state index in [9.17, 15) is 4.79 Å². The number of hydrogen-bond acceptors (Lipinski definition) is 4. The molecule has 0 saturated carbocycles. The number of nitrogens with zero attached hydrogens (tertiary/aromatic N) is 1. The third-order valence-electron chi connectivity index (χ3n) is 4.20. The lowest BCUT2D eigenvalue weighted by Gasteiger charge is -2.40. The molecule has 0 aromatic heterocycles. The van der Waals surface area contributed by atoms with Crippen molar-refractivity contribution in [3.63, 3.8) is 0 Å². The SMILES string of the molecule is CCOC(=O)CC1(N2CCCC2)CCCOCC1. The Balaban J connectivity index is 2.06. The van der Waals surface area contributed by atoms with Gasteiger partial charge in [0.05, 0.1) is 13.0 Å². The van der Waals surface area contributed by atoms with Gasteiger partial charge in [0.1, 0.15) is 0 Å². The summed E-state index contributed by atoms with van der Waals surface area (Å²) in [6.45, 7) is 6.20. The zero-order valence-electron chi connectivity index (χ0n) is 11.5. The van der Waals surface area contributed by atoms with E-state index in [0.717, 1.165) is 45.6 Å². The first kappa shape index (κ1) is 13.8. The number of carbonyl (C=O) groups excluding carboxylic acids is 1. The summed E-state index contributed by atoms with van der Waals surface area (Å²) in [5.41, 5.74) is -0.000741. The molecule has 4 nitrogen and oxygen atoms in total. The third-order valence-corrected chi connectivity index (χ3v) is 4.20. The maximum absolute atomic E-state index is 11.9. The molecule has 0 bridgehead atoms. The Morgan fingerprint density at radius 2 is 2.00 bits per heavy atom. The van der Waals surface area contributed by atoms with E-state index in [4.69, 9.17) is 9.47 Å². The summed E-state index contributed by atoms with van der Waals surface area (Å²) in [5.74, 6) is -0.0497. The lowest BCUT2D eigenvalue weighted by atomic mass is 9.85. The van der Waals surface area contributed by atoms with Gasteiger partial charge >= 0.3 is 5.97 Å². The van der Waals surface area contributed by atoms with Crippen molar-refractivity contribution in [3.8, 4) is 0 Å². The van der Waals surface area contributed by atoms with Crippen molar-refractivity contribution in [1.82, 2.24) is 4.90 Å². The van der Waals surface area contributed by atoms with Crippen LogP contribution >= 0.6 is 0 Å². The summed E-state index contributed by atoms with van der Waals surface area (Å²) in [6.07, 6.45) is 6.12. The highest BCUT2D eigenvalue weighted by Gasteiger charge is 2.40. The van der Waals surface area contributed by atoms with E-state index in [1.807, 2.05) is 6.92 Å². The molecule has 2 rings (SSSR count). The second kappa shape index (κ2) is 6.53. The summed E-state index contributed by atoms with van der Waals surface area (Å²) in [6, 6.07) is 0. The van der Waals surface area contributed by atoms with Crippen molar-refractivity contribution in [3.05, 3.63) is 0 Å². The fourth-order valence-corrected chi connectivity index (χ4v) is 3.27. The van der Waals surface area contributed by atoms with Gasteiger partial charge < -0.3 is 9.47 Å². The predicted molar refractivity (Wildman–Crippen MR) is 69.5 cm³/mol. The van der Waals surface area contributed by atoms with Crippen molar-refractivity contribution in [2.45, 2.75) is 51.0 Å². The standard InChI is InChI=1S/C14H25NO3/c1-2-18-13(16)12-14(15-8-3-4-9-15)6-5-10-17-11-7-14/h2-12H2,1H3. The molecule has 1 unspecified atom stereocenters. The van der Waals surface area contributed by atoms with Crippen LogP contribution in [0.4, 0.5) is 0 Å². The van der Waals surface area contributed by atoms with Crippen LogP contribution in [0.15, 0.2) is 0 Å². The molecule has 4 heteroatoms. The van der Waals surface area contributed by atoms with Gasteiger partial charge in [-0.15, -0.1) is 0 Å². The zero-order chi connectivity index (χ0) is 12.8. The van der Waals surface area contributed by atoms with Crippen LogP contribution < -0.4 is 0 Å². The van der Waals surface area contributed by atoms with Crippen LogP contribution in [0.25, 0.3) is 0 Å². The predicted octanol–water partition coefficient (Wildman–Crippen LogP) is 1.97. The van der Waals surface area contributed by atoms with Gasteiger partial charge in [0.15, 0.2) is 0 Å². The van der Waals surface area contributed by atoms with Crippen molar-refractivity contribution in [2.24, 2.45) is 0 Å². The van der Waals surface area contributed by atoms with Crippen LogP contribution in [0.2, 0.25) is 0 Å². The smallest absolute Gasteiger partial charge is 0.307 e. The van der Waals surface area contributed by atoms with Gasteiger partial charge in [-0.1, -0.05) is 0 Å². The van der Waals surface area contributed by atoms with Gasteiger partial charge in [0, 0.05) is 18.8 Å². The summed E-state index contributed by atoms with van der Waals surface area (Å²) < 4.78 is 10.7. The molecule has 104 valence electrons. The maximum atomic E-state index is 11.9. The van der Waals surface area contributed by atoms with Gasteiger partial charge in [-0.2, -0.15) is 0 Å². The highest BCUT2D eigenvalue weighted by molar-refractivity contribution is 5.71. The number of carbonyl (C=O) groups is 1. The van der Waals surface area contributed by atoms with Gasteiger partial charge in [-0.3, -0.25) is 9.69 Å². The lowest BCUT2D eigenvalue weighted by molar-refractivity contribution is -0.146. The molecule has 0 aromatic carbocycles. The second-order valence-electron chi connectivity index (χ2n) is 5.37. The molecule has 2 fully saturated rings. The normalized spacial score (nSPS) is 30.1. The third kappa shape index (κ3) is 3.23. The van der Waals surface area contributed by atoms with Crippen LogP contribution in [-0.4, -0.2) is 49.3 Å². The molecular formula is C14H25NO3. The van der Waals surface area contributed by atoms with E-state index in [1.165, 1.54) is 12.8 Å². The van der Waals surface area contributed by atoms with Crippen LogP contribution in [0.1, 0.15) is 45.4 Å². The average Bonchev–Trinajstić information content (AvgIpc) is 2.79. The van der Waals surface area contributed by atoms with Crippen LogP contribution in [0, 0.1) is 0 Å². The highest BCUT2D eigenvalue weighted by atomic mass is 16.5. The lowest BCUT2D eigenvalue weighted by Crippen LogP contribution is -2.49. The molecule has 0 aromatic rings. The van der Waals surface area contributed by atoms with E-state index in [0.29, 0.717) is 13.0 Å². The molecule has 2 heterocycles. The Morgan fingerprint density at radius 3 is 2.72 bits per heavy atom. The van der Waals surface area contributed by atoms with E-state index in [2.05, 4.69) is 4.90 Å². The first-order chi connectivity index (χ1) is 8.77. The van der Waals surface area contributed by atoms with E-state index in [1.54, 1.807) is 0 Å². The van der Waals surface area contributed by atoms with E-state index >= 15 is 0 Å². The summed E-state index contributed by atoms with van der Waals surface area (Å²) in [5, 5.41) is 0. The molecule has 0 aliphatic carbocycles. The Labute approximate surface area is 110 Å². The van der Waals surface area contributed by atoms with E-state index < -0.39 is 0 Å². The van der Waals surface area contributed by atoms with Gasteiger partial charge in [-0.25, -0.2) is 0 Å². The average molecular weight is 255 g/mol. The molecule has 0 N–H and O–H groups in total. The molecule has 2 aliphatic rings. The number of esters is 1.